The van der Waals surface area contributed by atoms with Gasteiger partial charge in [-0.25, -0.2) is 18.0 Å². The van der Waals surface area contributed by atoms with E-state index in [-0.39, 0.29) is 11.3 Å². The van der Waals surface area contributed by atoms with E-state index >= 15 is 8.78 Å². The third-order valence-electron chi connectivity index (χ3n) is 8.21. The van der Waals surface area contributed by atoms with Crippen LogP contribution in [0.4, 0.5) is 31.1 Å². The lowest BCUT2D eigenvalue weighted by atomic mass is 9.90. The van der Waals surface area contributed by atoms with Gasteiger partial charge in [0.2, 0.25) is 5.91 Å². The van der Waals surface area contributed by atoms with Gasteiger partial charge in [0.15, 0.2) is 11.1 Å². The second kappa shape index (κ2) is 10.0. The Hall–Kier alpha value is -4.53. The van der Waals surface area contributed by atoms with Crippen molar-refractivity contribution >= 4 is 17.8 Å². The summed E-state index contributed by atoms with van der Waals surface area (Å²) in [5.41, 5.74) is -4.22. The van der Waals surface area contributed by atoms with Gasteiger partial charge in [0.1, 0.15) is 12.4 Å². The first-order valence-corrected chi connectivity index (χ1v) is 13.3. The number of ether oxygens (including phenoxy) is 1. The monoisotopic (exact) mass is 619 g/mol. The van der Waals surface area contributed by atoms with Crippen LogP contribution in [0.1, 0.15) is 28.9 Å². The molecule has 1 N–H and O–H groups in total. The van der Waals surface area contributed by atoms with Crippen LogP contribution in [0, 0.1) is 12.7 Å². The lowest BCUT2D eigenvalue weighted by Gasteiger charge is -2.50. The third-order valence-corrected chi connectivity index (χ3v) is 8.21. The number of urea groups is 1. The number of carbonyl (C=O) groups is 3. The maximum absolute atomic E-state index is 15.4. The van der Waals surface area contributed by atoms with Gasteiger partial charge < -0.3 is 15.0 Å². The number of imide groups is 1. The van der Waals surface area contributed by atoms with Crippen LogP contribution in [-0.2, 0) is 32.3 Å². The molecule has 2 aliphatic heterocycles. The Bertz CT molecular complexity index is 1660. The van der Waals surface area contributed by atoms with Crippen molar-refractivity contribution in [1.82, 2.24) is 25.1 Å². The van der Waals surface area contributed by atoms with E-state index in [0.29, 0.717) is 26.6 Å². The molecule has 1 aliphatic carbocycles. The summed E-state index contributed by atoms with van der Waals surface area (Å²) in [6.07, 6.45) is -3.88. The average molecular weight is 620 g/mol. The summed E-state index contributed by atoms with van der Waals surface area (Å²) >= 11 is 0. The lowest BCUT2D eigenvalue weighted by molar-refractivity contribution is -0.302. The molecule has 15 heteroatoms. The fraction of sp³-hybridized carbons (Fsp3) is 0.345. The van der Waals surface area contributed by atoms with E-state index in [9.17, 15) is 31.9 Å². The highest BCUT2D eigenvalue weighted by molar-refractivity contribution is 6.10. The Labute approximate surface area is 245 Å². The van der Waals surface area contributed by atoms with Gasteiger partial charge in [0, 0.05) is 23.0 Å². The average Bonchev–Trinajstić information content (AvgIpc) is 3.30. The minimum atomic E-state index is -4.99. The topological polar surface area (TPSA) is 105 Å². The van der Waals surface area contributed by atoms with Crippen LogP contribution in [0.25, 0.3) is 11.1 Å². The van der Waals surface area contributed by atoms with E-state index in [1.54, 1.807) is 19.1 Å². The molecule has 1 aromatic carbocycles. The summed E-state index contributed by atoms with van der Waals surface area (Å²) in [7, 11) is 0. The minimum Gasteiger partial charge on any atom is -0.376 e. The molecule has 2 saturated heterocycles. The zero-order chi connectivity index (χ0) is 31.7. The summed E-state index contributed by atoms with van der Waals surface area (Å²) in [5, 5.41) is 2.28. The van der Waals surface area contributed by atoms with Gasteiger partial charge in [-0.15, -0.1) is 0 Å². The standard InChI is InChI=1S/C29H23F6N5O4/c1-16-2-3-18(9-36-16)17-4-7-21-22(8-17)28(31,32)13-27(21)24(42)39(25(43)38-27)12-23(41)40(11-20-6-5-19(30)10-37-20)26(14-44-15-26)29(33,34)35/h2-10H,11-15H2,1H3,(H,38,43)/t27-/m0/s1. The van der Waals surface area contributed by atoms with E-state index < -0.39 is 85.1 Å². The highest BCUT2D eigenvalue weighted by Gasteiger charge is 2.67. The van der Waals surface area contributed by atoms with E-state index in [0.717, 1.165) is 18.3 Å². The molecular formula is C29H23F6N5O4. The first-order valence-electron chi connectivity index (χ1n) is 13.3. The second-order valence-electron chi connectivity index (χ2n) is 11.0. The molecule has 0 radical (unpaired) electrons. The molecule has 2 fully saturated rings. The number of halogens is 6. The number of nitrogens with one attached hydrogen (secondary N) is 1. The number of alkyl halides is 5. The van der Waals surface area contributed by atoms with Crippen molar-refractivity contribution in [3.63, 3.8) is 0 Å². The van der Waals surface area contributed by atoms with Crippen molar-refractivity contribution in [3.8, 4) is 11.1 Å². The van der Waals surface area contributed by atoms with Crippen molar-refractivity contribution in [2.75, 3.05) is 19.8 Å². The molecule has 4 heterocycles. The van der Waals surface area contributed by atoms with Gasteiger partial charge in [-0.2, -0.15) is 13.2 Å². The fourth-order valence-electron chi connectivity index (χ4n) is 5.76. The highest BCUT2D eigenvalue weighted by atomic mass is 19.4. The third kappa shape index (κ3) is 4.57. The van der Waals surface area contributed by atoms with Crippen molar-refractivity contribution in [2.24, 2.45) is 0 Å². The number of nitrogens with zero attached hydrogens (tertiary/aromatic N) is 4. The lowest BCUT2D eigenvalue weighted by Crippen LogP contribution is -2.72. The first kappa shape index (κ1) is 29.5. The second-order valence-corrected chi connectivity index (χ2v) is 11.0. The van der Waals surface area contributed by atoms with Gasteiger partial charge in [-0.1, -0.05) is 18.2 Å². The van der Waals surface area contributed by atoms with Crippen molar-refractivity contribution in [2.45, 2.75) is 43.1 Å². The van der Waals surface area contributed by atoms with Gasteiger partial charge >= 0.3 is 12.2 Å². The molecule has 0 saturated carbocycles. The molecule has 230 valence electrons. The molecule has 44 heavy (non-hydrogen) atoms. The molecule has 4 amide bonds. The van der Waals surface area contributed by atoms with Crippen molar-refractivity contribution in [1.29, 1.82) is 0 Å². The molecular weight excluding hydrogens is 596 g/mol. The number of aromatic nitrogens is 2. The summed E-state index contributed by atoms with van der Waals surface area (Å²) in [5.74, 6) is -6.85. The Balaban J connectivity index is 1.31. The van der Waals surface area contributed by atoms with E-state index in [1.807, 2.05) is 0 Å². The van der Waals surface area contributed by atoms with Crippen LogP contribution in [-0.4, -0.2) is 69.1 Å². The van der Waals surface area contributed by atoms with E-state index in [4.69, 9.17) is 4.74 Å². The molecule has 3 aromatic rings. The summed E-state index contributed by atoms with van der Waals surface area (Å²) in [6, 6.07) is 8.18. The number of fused-ring (bicyclic) bond motifs is 2. The Morgan fingerprint density at radius 1 is 1.02 bits per heavy atom. The zero-order valence-electron chi connectivity index (χ0n) is 22.9. The van der Waals surface area contributed by atoms with Crippen LogP contribution < -0.4 is 5.32 Å². The maximum atomic E-state index is 15.4. The van der Waals surface area contributed by atoms with E-state index in [2.05, 4.69) is 15.3 Å². The van der Waals surface area contributed by atoms with Crippen LogP contribution in [0.3, 0.4) is 0 Å². The van der Waals surface area contributed by atoms with Crippen molar-refractivity contribution < 1.29 is 45.5 Å². The summed E-state index contributed by atoms with van der Waals surface area (Å²) < 4.78 is 91.9. The smallest absolute Gasteiger partial charge is 0.376 e. The molecule has 9 nitrogen and oxygen atoms in total. The van der Waals surface area contributed by atoms with Crippen LogP contribution >= 0.6 is 0 Å². The normalized spacial score (nSPS) is 21.7. The van der Waals surface area contributed by atoms with Gasteiger partial charge in [-0.05, 0) is 42.3 Å². The molecule has 0 bridgehead atoms. The molecule has 2 aromatic heterocycles. The number of hydrogen-bond acceptors (Lipinski definition) is 6. The summed E-state index contributed by atoms with van der Waals surface area (Å²) in [6.45, 7) is -2.03. The Morgan fingerprint density at radius 3 is 2.34 bits per heavy atom. The fourth-order valence-corrected chi connectivity index (χ4v) is 5.76. The number of aryl methyl sites for hydroxylation is 1. The van der Waals surface area contributed by atoms with Crippen LogP contribution in [0.15, 0.2) is 54.9 Å². The van der Waals surface area contributed by atoms with Gasteiger partial charge in [0.25, 0.3) is 11.8 Å². The summed E-state index contributed by atoms with van der Waals surface area (Å²) in [4.78, 5) is 48.8. The van der Waals surface area contributed by atoms with Crippen molar-refractivity contribution in [3.05, 3.63) is 83.2 Å². The van der Waals surface area contributed by atoms with Gasteiger partial charge in [-0.3, -0.25) is 24.5 Å². The predicted molar refractivity (Wildman–Crippen MR) is 139 cm³/mol. The molecule has 0 unspecified atom stereocenters. The molecule has 6 rings (SSSR count). The Kier molecular flexibility index (Phi) is 6.72. The molecule has 1 spiro atoms. The number of benzene rings is 1. The number of amides is 4. The minimum absolute atomic E-state index is 0.104. The SMILES string of the molecule is Cc1ccc(-c2ccc3c(c2)C(F)(F)C[C@]32NC(=O)N(CC(=O)N(Cc3ccc(F)cn3)C3(C(F)(F)F)COC3)C2=O)cn1. The Morgan fingerprint density at radius 2 is 1.75 bits per heavy atom. The van der Waals surface area contributed by atoms with Crippen LogP contribution in [0.2, 0.25) is 0 Å². The maximum Gasteiger partial charge on any atom is 0.416 e. The van der Waals surface area contributed by atoms with Crippen LogP contribution in [0.5, 0.6) is 0 Å². The van der Waals surface area contributed by atoms with E-state index in [1.165, 1.54) is 24.4 Å². The largest absolute Gasteiger partial charge is 0.416 e. The predicted octanol–water partition coefficient (Wildman–Crippen LogP) is 4.19. The number of rotatable bonds is 6. The highest BCUT2D eigenvalue weighted by Crippen LogP contribution is 2.53. The quantitative estimate of drug-likeness (QED) is 0.328. The number of pyridine rings is 2. The first-order chi connectivity index (χ1) is 20.7. The number of hydrogen-bond donors (Lipinski definition) is 1. The molecule has 1 atom stereocenters. The molecule has 3 aliphatic rings. The zero-order valence-corrected chi connectivity index (χ0v) is 22.9. The van der Waals surface area contributed by atoms with Gasteiger partial charge in [0.05, 0.1) is 38.1 Å². The number of carbonyl (C=O) groups excluding carboxylic acids is 3.